The second kappa shape index (κ2) is 6.36. The first-order valence-electron chi connectivity index (χ1n) is 6.84. The van der Waals surface area contributed by atoms with Gasteiger partial charge in [-0.25, -0.2) is 0 Å². The summed E-state index contributed by atoms with van der Waals surface area (Å²) in [5, 5.41) is 16.9. The summed E-state index contributed by atoms with van der Waals surface area (Å²) in [6.45, 7) is 7.00. The molecule has 0 unspecified atom stereocenters. The SMILES string of the molecule is Cc1cnn([C@@H](C)[C@H](C)NCc2ccccc2C#N)c1. The number of nitrogens with zero attached hydrogens (tertiary/aromatic N) is 3. The minimum atomic E-state index is 0.262. The van der Waals surface area contributed by atoms with Gasteiger partial charge in [0.2, 0.25) is 0 Å². The Morgan fingerprint density at radius 2 is 2.10 bits per heavy atom. The lowest BCUT2D eigenvalue weighted by atomic mass is 10.1. The molecule has 0 bridgehead atoms. The van der Waals surface area contributed by atoms with Crippen molar-refractivity contribution >= 4 is 0 Å². The van der Waals surface area contributed by atoms with Crippen molar-refractivity contribution in [2.45, 2.75) is 39.4 Å². The normalized spacial score (nSPS) is 13.7. The van der Waals surface area contributed by atoms with Crippen molar-refractivity contribution in [3.05, 3.63) is 53.3 Å². The molecule has 0 fully saturated rings. The van der Waals surface area contributed by atoms with Crippen LogP contribution in [0.25, 0.3) is 0 Å². The first-order valence-corrected chi connectivity index (χ1v) is 6.84. The third kappa shape index (κ3) is 3.25. The van der Waals surface area contributed by atoms with E-state index in [1.807, 2.05) is 48.3 Å². The second-order valence-electron chi connectivity index (χ2n) is 5.18. The van der Waals surface area contributed by atoms with Gasteiger partial charge in [0.25, 0.3) is 0 Å². The van der Waals surface area contributed by atoms with Crippen LogP contribution in [0.4, 0.5) is 0 Å². The van der Waals surface area contributed by atoms with E-state index >= 15 is 0 Å². The Morgan fingerprint density at radius 1 is 1.35 bits per heavy atom. The average Bonchev–Trinajstić information content (AvgIpc) is 2.90. The predicted molar refractivity (Wildman–Crippen MR) is 79.1 cm³/mol. The van der Waals surface area contributed by atoms with Crippen LogP contribution in [0.5, 0.6) is 0 Å². The molecule has 0 saturated carbocycles. The Morgan fingerprint density at radius 3 is 2.75 bits per heavy atom. The standard InChI is InChI=1S/C16H20N4/c1-12-9-19-20(11-12)14(3)13(2)18-10-16-7-5-4-6-15(16)8-17/h4-7,9,11,13-14,18H,10H2,1-3H3/t13-,14-/m0/s1. The summed E-state index contributed by atoms with van der Waals surface area (Å²) in [5.74, 6) is 0. The highest BCUT2D eigenvalue weighted by Crippen LogP contribution is 2.13. The van der Waals surface area contributed by atoms with Gasteiger partial charge in [-0.15, -0.1) is 0 Å². The zero-order valence-electron chi connectivity index (χ0n) is 12.2. The van der Waals surface area contributed by atoms with Crippen molar-refractivity contribution in [1.29, 1.82) is 5.26 Å². The van der Waals surface area contributed by atoms with Crippen LogP contribution in [0, 0.1) is 18.3 Å². The van der Waals surface area contributed by atoms with Crippen LogP contribution in [0.3, 0.4) is 0 Å². The molecule has 0 amide bonds. The number of nitrogens with one attached hydrogen (secondary N) is 1. The number of aromatic nitrogens is 2. The van der Waals surface area contributed by atoms with Gasteiger partial charge in [-0.1, -0.05) is 18.2 Å². The highest BCUT2D eigenvalue weighted by atomic mass is 15.3. The Kier molecular flexibility index (Phi) is 4.54. The fourth-order valence-electron chi connectivity index (χ4n) is 2.11. The Labute approximate surface area is 120 Å². The summed E-state index contributed by atoms with van der Waals surface area (Å²) in [4.78, 5) is 0. The van der Waals surface area contributed by atoms with Gasteiger partial charge in [0.05, 0.1) is 23.9 Å². The van der Waals surface area contributed by atoms with Gasteiger partial charge >= 0.3 is 0 Å². The predicted octanol–water partition coefficient (Wildman–Crippen LogP) is 2.80. The molecule has 4 heteroatoms. The molecule has 4 nitrogen and oxygen atoms in total. The first kappa shape index (κ1) is 14.3. The van der Waals surface area contributed by atoms with Crippen LogP contribution in [0.2, 0.25) is 0 Å². The molecule has 2 rings (SSSR count). The zero-order chi connectivity index (χ0) is 14.5. The van der Waals surface area contributed by atoms with Crippen LogP contribution in [-0.4, -0.2) is 15.8 Å². The van der Waals surface area contributed by atoms with Gasteiger partial charge in [-0.3, -0.25) is 4.68 Å². The summed E-state index contributed by atoms with van der Waals surface area (Å²) in [6.07, 6.45) is 3.92. The summed E-state index contributed by atoms with van der Waals surface area (Å²) >= 11 is 0. The lowest BCUT2D eigenvalue weighted by Gasteiger charge is -2.22. The molecule has 20 heavy (non-hydrogen) atoms. The number of hydrogen-bond donors (Lipinski definition) is 1. The lowest BCUT2D eigenvalue weighted by molar-refractivity contribution is 0.365. The Hall–Kier alpha value is -2.12. The molecule has 1 aromatic carbocycles. The molecule has 0 aliphatic heterocycles. The number of aryl methyl sites for hydroxylation is 1. The lowest BCUT2D eigenvalue weighted by Crippen LogP contribution is -2.33. The van der Waals surface area contributed by atoms with E-state index in [4.69, 9.17) is 5.26 Å². The summed E-state index contributed by atoms with van der Waals surface area (Å²) in [6, 6.07) is 10.4. The summed E-state index contributed by atoms with van der Waals surface area (Å²) in [5.41, 5.74) is 2.93. The summed E-state index contributed by atoms with van der Waals surface area (Å²) < 4.78 is 1.98. The van der Waals surface area contributed by atoms with Crippen molar-refractivity contribution in [2.75, 3.05) is 0 Å². The monoisotopic (exact) mass is 268 g/mol. The van der Waals surface area contributed by atoms with E-state index in [0.29, 0.717) is 6.54 Å². The molecule has 2 atom stereocenters. The van der Waals surface area contributed by atoms with Crippen LogP contribution in [0.15, 0.2) is 36.7 Å². The molecule has 0 aliphatic rings. The van der Waals surface area contributed by atoms with Crippen LogP contribution in [0.1, 0.15) is 36.6 Å². The van der Waals surface area contributed by atoms with Crippen molar-refractivity contribution in [3.8, 4) is 6.07 Å². The summed E-state index contributed by atoms with van der Waals surface area (Å²) in [7, 11) is 0. The molecule has 0 aliphatic carbocycles. The van der Waals surface area contributed by atoms with Gasteiger partial charge in [0, 0.05) is 18.8 Å². The first-order chi connectivity index (χ1) is 9.61. The minimum Gasteiger partial charge on any atom is -0.308 e. The third-order valence-corrected chi connectivity index (χ3v) is 3.62. The minimum absolute atomic E-state index is 0.262. The van der Waals surface area contributed by atoms with Gasteiger partial charge in [0.1, 0.15) is 0 Å². The van der Waals surface area contributed by atoms with E-state index in [1.165, 1.54) is 5.56 Å². The van der Waals surface area contributed by atoms with Gasteiger partial charge < -0.3 is 5.32 Å². The maximum atomic E-state index is 9.08. The van der Waals surface area contributed by atoms with Crippen molar-refractivity contribution in [1.82, 2.24) is 15.1 Å². The molecule has 1 heterocycles. The molecule has 0 saturated heterocycles. The molecular weight excluding hydrogens is 248 g/mol. The molecule has 0 spiro atoms. The van der Waals surface area contributed by atoms with Gasteiger partial charge in [-0.05, 0) is 38.0 Å². The number of nitriles is 1. The van der Waals surface area contributed by atoms with Crippen LogP contribution in [-0.2, 0) is 6.54 Å². The number of benzene rings is 1. The van der Waals surface area contributed by atoms with Crippen LogP contribution < -0.4 is 5.32 Å². The van der Waals surface area contributed by atoms with Gasteiger partial charge in [-0.2, -0.15) is 10.4 Å². The number of hydrogen-bond acceptors (Lipinski definition) is 3. The smallest absolute Gasteiger partial charge is 0.0995 e. The maximum Gasteiger partial charge on any atom is 0.0995 e. The van der Waals surface area contributed by atoms with Gasteiger partial charge in [0.15, 0.2) is 0 Å². The van der Waals surface area contributed by atoms with E-state index in [2.05, 4.69) is 30.3 Å². The topological polar surface area (TPSA) is 53.6 Å². The molecular formula is C16H20N4. The van der Waals surface area contributed by atoms with Crippen molar-refractivity contribution < 1.29 is 0 Å². The zero-order valence-corrected chi connectivity index (χ0v) is 12.2. The second-order valence-corrected chi connectivity index (χ2v) is 5.18. The fraction of sp³-hybridized carbons (Fsp3) is 0.375. The van der Waals surface area contributed by atoms with E-state index in [-0.39, 0.29) is 12.1 Å². The average molecular weight is 268 g/mol. The number of rotatable bonds is 5. The highest BCUT2D eigenvalue weighted by molar-refractivity contribution is 5.37. The molecule has 104 valence electrons. The van der Waals surface area contributed by atoms with E-state index < -0.39 is 0 Å². The Bertz CT molecular complexity index is 609. The fourth-order valence-corrected chi connectivity index (χ4v) is 2.11. The Balaban J connectivity index is 1.98. The largest absolute Gasteiger partial charge is 0.308 e. The molecule has 0 radical (unpaired) electrons. The van der Waals surface area contributed by atoms with E-state index in [1.54, 1.807) is 0 Å². The van der Waals surface area contributed by atoms with Crippen molar-refractivity contribution in [3.63, 3.8) is 0 Å². The van der Waals surface area contributed by atoms with Crippen LogP contribution >= 0.6 is 0 Å². The quantitative estimate of drug-likeness (QED) is 0.907. The molecule has 1 N–H and O–H groups in total. The van der Waals surface area contributed by atoms with Crippen molar-refractivity contribution in [2.24, 2.45) is 0 Å². The van der Waals surface area contributed by atoms with E-state index in [9.17, 15) is 0 Å². The highest BCUT2D eigenvalue weighted by Gasteiger charge is 2.14. The van der Waals surface area contributed by atoms with E-state index in [0.717, 1.165) is 11.1 Å². The molecule has 2 aromatic rings. The molecule has 1 aromatic heterocycles. The maximum absolute atomic E-state index is 9.08. The third-order valence-electron chi connectivity index (χ3n) is 3.62.